The van der Waals surface area contributed by atoms with E-state index in [-0.39, 0.29) is 11.5 Å². The maximum Gasteiger partial charge on any atom is 0.234 e. The fourth-order valence-electron chi connectivity index (χ4n) is 1.84. The molecule has 2 aromatic heterocycles. The van der Waals surface area contributed by atoms with Crippen molar-refractivity contribution in [3.63, 3.8) is 0 Å². The minimum atomic E-state index is 0.103. The summed E-state index contributed by atoms with van der Waals surface area (Å²) in [5, 5.41) is 14.1. The Hall–Kier alpha value is -1.01. The Labute approximate surface area is 110 Å². The average Bonchev–Trinajstić information content (AvgIpc) is 2.90. The smallest absolute Gasteiger partial charge is 0.234 e. The minimum Gasteiger partial charge on any atom is -0.327 e. The first-order valence-electron chi connectivity index (χ1n) is 6.42. The highest BCUT2D eigenvalue weighted by molar-refractivity contribution is 7.16. The number of nitrogens with zero attached hydrogens (tertiary/aromatic N) is 4. The van der Waals surface area contributed by atoms with E-state index in [1.54, 1.807) is 11.3 Å². The van der Waals surface area contributed by atoms with Crippen molar-refractivity contribution in [1.29, 1.82) is 0 Å². The molecule has 6 heteroatoms. The molecule has 1 aliphatic carbocycles. The minimum absolute atomic E-state index is 0.103. The third-order valence-corrected chi connectivity index (χ3v) is 4.43. The Balaban J connectivity index is 1.85. The van der Waals surface area contributed by atoms with Crippen molar-refractivity contribution in [2.75, 3.05) is 0 Å². The van der Waals surface area contributed by atoms with Crippen LogP contribution >= 0.6 is 11.3 Å². The molecule has 1 saturated carbocycles. The van der Waals surface area contributed by atoms with Gasteiger partial charge in [-0.15, -0.1) is 10.2 Å². The van der Waals surface area contributed by atoms with E-state index in [1.165, 1.54) is 12.8 Å². The summed E-state index contributed by atoms with van der Waals surface area (Å²) >= 11 is 1.61. The van der Waals surface area contributed by atoms with Gasteiger partial charge in [0.05, 0.1) is 0 Å². The Morgan fingerprint density at radius 3 is 2.72 bits per heavy atom. The van der Waals surface area contributed by atoms with E-state index in [4.69, 9.17) is 5.73 Å². The highest BCUT2D eigenvalue weighted by atomic mass is 32.1. The molecule has 0 aromatic carbocycles. The molecule has 1 atom stereocenters. The second-order valence-corrected chi connectivity index (χ2v) is 7.24. The van der Waals surface area contributed by atoms with Crippen molar-refractivity contribution in [3.05, 3.63) is 10.8 Å². The molecule has 0 bridgehead atoms. The van der Waals surface area contributed by atoms with Gasteiger partial charge in [0.15, 0.2) is 5.82 Å². The van der Waals surface area contributed by atoms with Crippen molar-refractivity contribution in [1.82, 2.24) is 19.8 Å². The molecule has 3 rings (SSSR count). The van der Waals surface area contributed by atoms with E-state index >= 15 is 0 Å². The molecule has 0 spiro atoms. The first-order chi connectivity index (χ1) is 8.45. The number of fused-ring (bicyclic) bond motifs is 1. The van der Waals surface area contributed by atoms with Gasteiger partial charge in [-0.2, -0.15) is 9.61 Å². The Morgan fingerprint density at radius 1 is 1.39 bits per heavy atom. The van der Waals surface area contributed by atoms with E-state index in [1.807, 2.05) is 4.52 Å². The lowest BCUT2D eigenvalue weighted by Gasteiger charge is -2.25. The predicted octanol–water partition coefficient (Wildman–Crippen LogP) is 1.98. The lowest BCUT2D eigenvalue weighted by Crippen LogP contribution is -2.36. The summed E-state index contributed by atoms with van der Waals surface area (Å²) in [6.45, 7) is 6.48. The molecule has 2 N–H and O–H groups in total. The van der Waals surface area contributed by atoms with Gasteiger partial charge >= 0.3 is 0 Å². The van der Waals surface area contributed by atoms with Gasteiger partial charge in [-0.05, 0) is 18.3 Å². The largest absolute Gasteiger partial charge is 0.327 e. The van der Waals surface area contributed by atoms with Crippen LogP contribution in [-0.4, -0.2) is 25.9 Å². The van der Waals surface area contributed by atoms with E-state index in [2.05, 4.69) is 36.1 Å². The van der Waals surface area contributed by atoms with Crippen LogP contribution in [0.3, 0.4) is 0 Å². The third kappa shape index (κ3) is 2.14. The van der Waals surface area contributed by atoms with Gasteiger partial charge in [-0.1, -0.05) is 32.1 Å². The van der Waals surface area contributed by atoms with E-state index in [0.717, 1.165) is 22.2 Å². The Morgan fingerprint density at radius 2 is 2.11 bits per heavy atom. The van der Waals surface area contributed by atoms with Crippen molar-refractivity contribution in [2.24, 2.45) is 11.1 Å². The fourth-order valence-corrected chi connectivity index (χ4v) is 2.74. The molecular formula is C12H19N5S. The zero-order valence-electron chi connectivity index (χ0n) is 11.1. The van der Waals surface area contributed by atoms with Crippen LogP contribution in [0.5, 0.6) is 0 Å². The molecule has 2 heterocycles. The molecule has 5 nitrogen and oxygen atoms in total. The first-order valence-corrected chi connectivity index (χ1v) is 7.23. The van der Waals surface area contributed by atoms with Crippen LogP contribution in [0.15, 0.2) is 0 Å². The molecule has 0 radical (unpaired) electrons. The Bertz CT molecular complexity index is 561. The maximum atomic E-state index is 6.20. The SMILES string of the molecule is CC(C)(C)C(N)Cc1nn2c(C3CC3)nnc2s1. The lowest BCUT2D eigenvalue weighted by molar-refractivity contribution is 0.318. The monoisotopic (exact) mass is 265 g/mol. The number of rotatable bonds is 3. The maximum absolute atomic E-state index is 6.20. The summed E-state index contributed by atoms with van der Waals surface area (Å²) in [6, 6.07) is 0.116. The topological polar surface area (TPSA) is 69.1 Å². The molecule has 1 aliphatic rings. The number of nitrogens with two attached hydrogens (primary N) is 1. The quantitative estimate of drug-likeness (QED) is 0.921. The molecule has 98 valence electrons. The number of aromatic nitrogens is 4. The summed E-state index contributed by atoms with van der Waals surface area (Å²) in [5.41, 5.74) is 6.31. The molecule has 1 fully saturated rings. The van der Waals surface area contributed by atoms with E-state index < -0.39 is 0 Å². The molecule has 1 unspecified atom stereocenters. The Kier molecular flexibility index (Phi) is 2.67. The third-order valence-electron chi connectivity index (χ3n) is 3.51. The first kappa shape index (κ1) is 12.0. The van der Waals surface area contributed by atoms with Crippen molar-refractivity contribution >= 4 is 16.3 Å². The molecule has 0 saturated heterocycles. The van der Waals surface area contributed by atoms with Crippen LogP contribution in [0, 0.1) is 5.41 Å². The van der Waals surface area contributed by atoms with Gasteiger partial charge < -0.3 is 5.73 Å². The standard InChI is InChI=1S/C12H19N5S/c1-12(2,3)8(13)6-9-16-17-10(7-4-5-7)14-15-11(17)18-9/h7-8H,4-6,13H2,1-3H3. The molecule has 18 heavy (non-hydrogen) atoms. The second-order valence-electron chi connectivity index (χ2n) is 6.20. The van der Waals surface area contributed by atoms with Gasteiger partial charge in [0.25, 0.3) is 0 Å². The van der Waals surface area contributed by atoms with E-state index in [0.29, 0.717) is 5.92 Å². The van der Waals surface area contributed by atoms with Crippen LogP contribution in [0.4, 0.5) is 0 Å². The molecular weight excluding hydrogens is 246 g/mol. The van der Waals surface area contributed by atoms with Crippen LogP contribution < -0.4 is 5.73 Å². The molecule has 0 aliphatic heterocycles. The number of hydrogen-bond acceptors (Lipinski definition) is 5. The summed E-state index contributed by atoms with van der Waals surface area (Å²) in [5.74, 6) is 1.60. The van der Waals surface area contributed by atoms with Gasteiger partial charge in [-0.25, -0.2) is 0 Å². The predicted molar refractivity (Wildman–Crippen MR) is 71.8 cm³/mol. The summed E-state index contributed by atoms with van der Waals surface area (Å²) in [6.07, 6.45) is 3.24. The highest BCUT2D eigenvalue weighted by Gasteiger charge is 2.30. The molecule has 0 amide bonds. The molecule has 2 aromatic rings. The van der Waals surface area contributed by atoms with Gasteiger partial charge in [0, 0.05) is 18.4 Å². The van der Waals surface area contributed by atoms with Crippen LogP contribution in [0.25, 0.3) is 4.96 Å². The summed E-state index contributed by atoms with van der Waals surface area (Å²) in [4.78, 5) is 0.896. The van der Waals surface area contributed by atoms with Crippen LogP contribution in [0.1, 0.15) is 50.4 Å². The van der Waals surface area contributed by atoms with Crippen LogP contribution in [0.2, 0.25) is 0 Å². The van der Waals surface area contributed by atoms with Crippen molar-refractivity contribution in [3.8, 4) is 0 Å². The van der Waals surface area contributed by atoms with Crippen molar-refractivity contribution < 1.29 is 0 Å². The highest BCUT2D eigenvalue weighted by Crippen LogP contribution is 2.39. The lowest BCUT2D eigenvalue weighted by atomic mass is 9.86. The average molecular weight is 265 g/mol. The van der Waals surface area contributed by atoms with Gasteiger partial charge in [-0.3, -0.25) is 0 Å². The van der Waals surface area contributed by atoms with E-state index in [9.17, 15) is 0 Å². The summed E-state index contributed by atoms with van der Waals surface area (Å²) in [7, 11) is 0. The zero-order chi connectivity index (χ0) is 12.9. The zero-order valence-corrected chi connectivity index (χ0v) is 11.9. The summed E-state index contributed by atoms with van der Waals surface area (Å²) < 4.78 is 1.91. The van der Waals surface area contributed by atoms with Gasteiger partial charge in [0.2, 0.25) is 4.96 Å². The van der Waals surface area contributed by atoms with Crippen LogP contribution in [-0.2, 0) is 6.42 Å². The fraction of sp³-hybridized carbons (Fsp3) is 0.750. The van der Waals surface area contributed by atoms with Gasteiger partial charge in [0.1, 0.15) is 5.01 Å². The number of hydrogen-bond donors (Lipinski definition) is 1. The van der Waals surface area contributed by atoms with Crippen molar-refractivity contribution in [2.45, 2.75) is 52.0 Å². The second kappa shape index (κ2) is 3.99. The normalized spacial score (nSPS) is 18.4.